The second-order valence-corrected chi connectivity index (χ2v) is 5.98. The van der Waals surface area contributed by atoms with Gasteiger partial charge in [-0.25, -0.2) is 4.98 Å². The van der Waals surface area contributed by atoms with Crippen LogP contribution < -0.4 is 4.74 Å². The number of fused-ring (bicyclic) bond motifs is 1. The summed E-state index contributed by atoms with van der Waals surface area (Å²) in [5.74, 6) is 0.960. The highest BCUT2D eigenvalue weighted by molar-refractivity contribution is 5.78. The van der Waals surface area contributed by atoms with Crippen molar-refractivity contribution in [2.45, 2.75) is 33.1 Å². The molecule has 0 amide bonds. The molecule has 3 rings (SSSR count). The molecule has 0 aliphatic rings. The topological polar surface area (TPSA) is 66.2 Å². The number of ether oxygens (including phenoxy) is 2. The standard InChI is InChI=1S/C20H23N3O3/c1-5-17-21-16-11-12-18(25-4)22-19(16)23(17)15-9-7-14(8-10-15)13(3)20(24)26-6-2/h7-13H,5-6H2,1-4H3. The molecule has 1 unspecified atom stereocenters. The van der Waals surface area contributed by atoms with Crippen LogP contribution in [0.3, 0.4) is 0 Å². The average Bonchev–Trinajstić information content (AvgIpc) is 3.05. The third kappa shape index (κ3) is 3.27. The van der Waals surface area contributed by atoms with E-state index >= 15 is 0 Å². The molecule has 2 aromatic heterocycles. The van der Waals surface area contributed by atoms with E-state index in [0.29, 0.717) is 12.5 Å². The number of aryl methyl sites for hydroxylation is 1. The summed E-state index contributed by atoms with van der Waals surface area (Å²) in [5.41, 5.74) is 3.45. The van der Waals surface area contributed by atoms with Gasteiger partial charge in [0.25, 0.3) is 0 Å². The smallest absolute Gasteiger partial charge is 0.313 e. The van der Waals surface area contributed by atoms with Gasteiger partial charge in [-0.15, -0.1) is 0 Å². The first kappa shape index (κ1) is 17.9. The number of pyridine rings is 1. The maximum atomic E-state index is 11.9. The van der Waals surface area contributed by atoms with E-state index in [1.54, 1.807) is 7.11 Å². The Labute approximate surface area is 152 Å². The number of hydrogen-bond acceptors (Lipinski definition) is 5. The summed E-state index contributed by atoms with van der Waals surface area (Å²) in [6.45, 7) is 6.11. The number of methoxy groups -OCH3 is 1. The number of esters is 1. The quantitative estimate of drug-likeness (QED) is 0.633. The lowest BCUT2D eigenvalue weighted by molar-refractivity contribution is -0.144. The van der Waals surface area contributed by atoms with Crippen LogP contribution >= 0.6 is 0 Å². The molecule has 0 saturated carbocycles. The summed E-state index contributed by atoms with van der Waals surface area (Å²) in [5, 5.41) is 0. The van der Waals surface area contributed by atoms with Crippen molar-refractivity contribution in [1.82, 2.24) is 14.5 Å². The van der Waals surface area contributed by atoms with Crippen molar-refractivity contribution < 1.29 is 14.3 Å². The zero-order valence-corrected chi connectivity index (χ0v) is 15.5. The summed E-state index contributed by atoms with van der Waals surface area (Å²) in [7, 11) is 1.60. The molecule has 6 heteroatoms. The van der Waals surface area contributed by atoms with Crippen molar-refractivity contribution in [2.24, 2.45) is 0 Å². The average molecular weight is 353 g/mol. The van der Waals surface area contributed by atoms with Crippen LogP contribution in [0, 0.1) is 0 Å². The molecule has 136 valence electrons. The first-order valence-corrected chi connectivity index (χ1v) is 8.78. The number of benzene rings is 1. The molecule has 0 saturated heterocycles. The molecule has 6 nitrogen and oxygen atoms in total. The van der Waals surface area contributed by atoms with E-state index in [4.69, 9.17) is 9.47 Å². The lowest BCUT2D eigenvalue weighted by Crippen LogP contribution is -2.13. The number of nitrogens with zero attached hydrogens (tertiary/aromatic N) is 3. The summed E-state index contributed by atoms with van der Waals surface area (Å²) >= 11 is 0. The normalized spacial score (nSPS) is 12.2. The molecule has 3 aromatic rings. The van der Waals surface area contributed by atoms with E-state index in [2.05, 4.69) is 16.9 Å². The van der Waals surface area contributed by atoms with Gasteiger partial charge >= 0.3 is 5.97 Å². The lowest BCUT2D eigenvalue weighted by Gasteiger charge is -2.13. The van der Waals surface area contributed by atoms with E-state index in [9.17, 15) is 4.79 Å². The van der Waals surface area contributed by atoms with Crippen molar-refractivity contribution in [2.75, 3.05) is 13.7 Å². The van der Waals surface area contributed by atoms with Gasteiger partial charge in [0.15, 0.2) is 5.65 Å². The van der Waals surface area contributed by atoms with E-state index in [0.717, 1.165) is 34.7 Å². The van der Waals surface area contributed by atoms with Gasteiger partial charge in [-0.05, 0) is 37.6 Å². The summed E-state index contributed by atoms with van der Waals surface area (Å²) in [6.07, 6.45) is 0.777. The molecule has 1 atom stereocenters. The Balaban J connectivity index is 2.02. The molecule has 2 heterocycles. The first-order valence-electron chi connectivity index (χ1n) is 8.78. The lowest BCUT2D eigenvalue weighted by atomic mass is 10.0. The fraction of sp³-hybridized carbons (Fsp3) is 0.350. The molecule has 0 fully saturated rings. The Morgan fingerprint density at radius 2 is 1.85 bits per heavy atom. The molecule has 0 bridgehead atoms. The maximum absolute atomic E-state index is 11.9. The van der Waals surface area contributed by atoms with E-state index in [-0.39, 0.29) is 11.9 Å². The zero-order valence-electron chi connectivity index (χ0n) is 15.5. The van der Waals surface area contributed by atoms with Gasteiger partial charge in [0.1, 0.15) is 11.3 Å². The maximum Gasteiger partial charge on any atom is 0.313 e. The van der Waals surface area contributed by atoms with Crippen LogP contribution in [0.1, 0.15) is 38.1 Å². The number of aromatic nitrogens is 3. The Hall–Kier alpha value is -2.89. The number of imidazole rings is 1. The fourth-order valence-electron chi connectivity index (χ4n) is 2.92. The Kier molecular flexibility index (Phi) is 5.21. The van der Waals surface area contributed by atoms with E-state index in [1.165, 1.54) is 0 Å². The van der Waals surface area contributed by atoms with Crippen molar-refractivity contribution >= 4 is 17.1 Å². The van der Waals surface area contributed by atoms with Gasteiger partial charge in [0, 0.05) is 18.2 Å². The molecular weight excluding hydrogens is 330 g/mol. The number of carbonyl (C=O) groups is 1. The van der Waals surface area contributed by atoms with Gasteiger partial charge in [0.2, 0.25) is 5.88 Å². The molecule has 26 heavy (non-hydrogen) atoms. The summed E-state index contributed by atoms with van der Waals surface area (Å²) in [4.78, 5) is 21.2. The van der Waals surface area contributed by atoms with Crippen molar-refractivity contribution in [3.8, 4) is 11.6 Å². The fourth-order valence-corrected chi connectivity index (χ4v) is 2.92. The van der Waals surface area contributed by atoms with Crippen LogP contribution in [0.15, 0.2) is 36.4 Å². The van der Waals surface area contributed by atoms with E-state index in [1.807, 2.05) is 54.8 Å². The zero-order chi connectivity index (χ0) is 18.7. The predicted molar refractivity (Wildman–Crippen MR) is 99.8 cm³/mol. The Morgan fingerprint density at radius 1 is 1.12 bits per heavy atom. The molecular formula is C20H23N3O3. The molecule has 0 spiro atoms. The third-order valence-electron chi connectivity index (χ3n) is 4.37. The van der Waals surface area contributed by atoms with Crippen molar-refractivity contribution in [3.63, 3.8) is 0 Å². The molecule has 0 aliphatic carbocycles. The summed E-state index contributed by atoms with van der Waals surface area (Å²) in [6, 6.07) is 11.6. The number of hydrogen-bond donors (Lipinski definition) is 0. The van der Waals surface area contributed by atoms with Crippen LogP contribution in [0.2, 0.25) is 0 Å². The van der Waals surface area contributed by atoms with Crippen LogP contribution in [0.5, 0.6) is 5.88 Å². The molecule has 0 aliphatic heterocycles. The van der Waals surface area contributed by atoms with Gasteiger partial charge in [-0.1, -0.05) is 19.1 Å². The van der Waals surface area contributed by atoms with E-state index < -0.39 is 0 Å². The molecule has 0 N–H and O–H groups in total. The highest BCUT2D eigenvalue weighted by atomic mass is 16.5. The minimum atomic E-state index is -0.299. The predicted octanol–water partition coefficient (Wildman–Crippen LogP) is 3.66. The monoisotopic (exact) mass is 353 g/mol. The number of carbonyl (C=O) groups excluding carboxylic acids is 1. The first-order chi connectivity index (χ1) is 12.6. The summed E-state index contributed by atoms with van der Waals surface area (Å²) < 4.78 is 12.4. The highest BCUT2D eigenvalue weighted by Gasteiger charge is 2.18. The Bertz CT molecular complexity index is 916. The molecule has 0 radical (unpaired) electrons. The second kappa shape index (κ2) is 7.56. The Morgan fingerprint density at radius 3 is 2.46 bits per heavy atom. The van der Waals surface area contributed by atoms with Crippen molar-refractivity contribution in [1.29, 1.82) is 0 Å². The largest absolute Gasteiger partial charge is 0.481 e. The van der Waals surface area contributed by atoms with Gasteiger partial charge in [-0.2, -0.15) is 4.98 Å². The van der Waals surface area contributed by atoms with Gasteiger partial charge in [0.05, 0.1) is 19.6 Å². The highest BCUT2D eigenvalue weighted by Crippen LogP contribution is 2.25. The number of rotatable bonds is 6. The third-order valence-corrected chi connectivity index (χ3v) is 4.37. The van der Waals surface area contributed by atoms with Crippen molar-refractivity contribution in [3.05, 3.63) is 47.8 Å². The van der Waals surface area contributed by atoms with Crippen LogP contribution in [-0.4, -0.2) is 34.2 Å². The SMILES string of the molecule is CCOC(=O)C(C)c1ccc(-n2c(CC)nc3ccc(OC)nc32)cc1. The van der Waals surface area contributed by atoms with Crippen LogP contribution in [0.4, 0.5) is 0 Å². The minimum Gasteiger partial charge on any atom is -0.481 e. The van der Waals surface area contributed by atoms with Gasteiger partial charge in [-0.3, -0.25) is 9.36 Å². The molecule has 1 aromatic carbocycles. The van der Waals surface area contributed by atoms with Crippen LogP contribution in [0.25, 0.3) is 16.9 Å². The van der Waals surface area contributed by atoms with Crippen LogP contribution in [-0.2, 0) is 16.0 Å². The minimum absolute atomic E-state index is 0.214. The second-order valence-electron chi connectivity index (χ2n) is 5.98. The van der Waals surface area contributed by atoms with Gasteiger partial charge < -0.3 is 9.47 Å².